The van der Waals surface area contributed by atoms with Crippen LogP contribution < -0.4 is 10.1 Å². The van der Waals surface area contributed by atoms with Crippen molar-refractivity contribution in [1.29, 1.82) is 0 Å². The molecule has 0 amide bonds. The molecule has 0 aliphatic rings. The number of ether oxygens (including phenoxy) is 1. The largest absolute Gasteiger partial charge is 0.497 e. The highest BCUT2D eigenvalue weighted by atomic mass is 32.1. The number of hydrogen-bond donors (Lipinski definition) is 1. The first-order chi connectivity index (χ1) is 8.83. The second-order valence-corrected chi connectivity index (χ2v) is 5.18. The third-order valence-corrected chi connectivity index (χ3v) is 3.85. The zero-order valence-electron chi connectivity index (χ0n) is 10.8. The number of benzene rings is 1. The van der Waals surface area contributed by atoms with Gasteiger partial charge in [0.25, 0.3) is 0 Å². The van der Waals surface area contributed by atoms with E-state index in [1.54, 1.807) is 18.4 Å². The fourth-order valence-corrected chi connectivity index (χ4v) is 2.69. The van der Waals surface area contributed by atoms with E-state index in [0.717, 1.165) is 35.7 Å². The molecule has 2 rings (SSSR count). The molecule has 0 saturated carbocycles. The Morgan fingerprint density at radius 1 is 1.28 bits per heavy atom. The van der Waals surface area contributed by atoms with Crippen LogP contribution in [0, 0.1) is 0 Å². The summed E-state index contributed by atoms with van der Waals surface area (Å²) in [5, 5.41) is 4.24. The first-order valence-corrected chi connectivity index (χ1v) is 6.89. The highest BCUT2D eigenvalue weighted by Crippen LogP contribution is 2.27. The number of aryl methyl sites for hydroxylation is 1. The van der Waals surface area contributed by atoms with Gasteiger partial charge in [-0.2, -0.15) is 0 Å². The van der Waals surface area contributed by atoms with Gasteiger partial charge < -0.3 is 10.1 Å². The van der Waals surface area contributed by atoms with E-state index in [1.807, 2.05) is 25.4 Å². The topological polar surface area (TPSA) is 34.2 Å². The molecular formula is C14H18N2OS. The third-order valence-electron chi connectivity index (χ3n) is 2.74. The molecule has 0 aliphatic carbocycles. The lowest BCUT2D eigenvalue weighted by Gasteiger charge is -2.00. The van der Waals surface area contributed by atoms with Crippen LogP contribution >= 0.6 is 11.3 Å². The second kappa shape index (κ2) is 6.52. The van der Waals surface area contributed by atoms with Crippen molar-refractivity contribution in [1.82, 2.24) is 10.3 Å². The zero-order valence-corrected chi connectivity index (χ0v) is 11.6. The van der Waals surface area contributed by atoms with E-state index in [-0.39, 0.29) is 0 Å². The third kappa shape index (κ3) is 3.31. The van der Waals surface area contributed by atoms with Crippen LogP contribution in [-0.2, 0) is 6.42 Å². The van der Waals surface area contributed by atoms with Crippen LogP contribution in [-0.4, -0.2) is 25.7 Å². The van der Waals surface area contributed by atoms with Crippen LogP contribution in [0.2, 0.25) is 0 Å². The molecule has 0 spiro atoms. The molecule has 1 N–H and O–H groups in total. The molecule has 0 aliphatic heterocycles. The van der Waals surface area contributed by atoms with Crippen LogP contribution in [0.5, 0.6) is 5.75 Å². The molecule has 1 aromatic heterocycles. The van der Waals surface area contributed by atoms with E-state index in [2.05, 4.69) is 22.4 Å². The van der Waals surface area contributed by atoms with Gasteiger partial charge in [0.1, 0.15) is 10.8 Å². The minimum absolute atomic E-state index is 0.879. The fourth-order valence-electron chi connectivity index (χ4n) is 1.73. The van der Waals surface area contributed by atoms with Gasteiger partial charge in [0.05, 0.1) is 7.11 Å². The molecule has 0 unspecified atom stereocenters. The molecule has 1 aromatic carbocycles. The molecule has 0 radical (unpaired) electrons. The van der Waals surface area contributed by atoms with Gasteiger partial charge >= 0.3 is 0 Å². The first kappa shape index (κ1) is 13.1. The first-order valence-electron chi connectivity index (χ1n) is 6.07. The standard InChI is InChI=1S/C14H18N2OS/c1-15-9-3-4-13-10-16-14(18-13)11-5-7-12(17-2)8-6-11/h5-8,10,15H,3-4,9H2,1-2H3. The van der Waals surface area contributed by atoms with Gasteiger partial charge in [0.2, 0.25) is 0 Å². The van der Waals surface area contributed by atoms with Crippen molar-refractivity contribution in [2.24, 2.45) is 0 Å². The number of nitrogens with zero attached hydrogens (tertiary/aromatic N) is 1. The number of methoxy groups -OCH3 is 1. The molecular weight excluding hydrogens is 244 g/mol. The summed E-state index contributed by atoms with van der Waals surface area (Å²) in [7, 11) is 3.66. The van der Waals surface area contributed by atoms with Crippen LogP contribution in [0.25, 0.3) is 10.6 Å². The Morgan fingerprint density at radius 3 is 2.72 bits per heavy atom. The summed E-state index contributed by atoms with van der Waals surface area (Å²) in [4.78, 5) is 5.82. The Bertz CT molecular complexity index is 479. The molecule has 0 atom stereocenters. The fraction of sp³-hybridized carbons (Fsp3) is 0.357. The van der Waals surface area contributed by atoms with Gasteiger partial charge in [-0.1, -0.05) is 0 Å². The van der Waals surface area contributed by atoms with Crippen molar-refractivity contribution in [3.05, 3.63) is 35.3 Å². The Hall–Kier alpha value is -1.39. The predicted octanol–water partition coefficient (Wildman–Crippen LogP) is 2.97. The van der Waals surface area contributed by atoms with Crippen molar-refractivity contribution >= 4 is 11.3 Å². The SMILES string of the molecule is CNCCCc1cnc(-c2ccc(OC)cc2)s1. The molecule has 2 aromatic rings. The quantitative estimate of drug-likeness (QED) is 0.813. The Morgan fingerprint density at radius 2 is 2.06 bits per heavy atom. The summed E-state index contributed by atoms with van der Waals surface area (Å²) < 4.78 is 5.15. The number of rotatable bonds is 6. The van der Waals surface area contributed by atoms with Crippen molar-refractivity contribution in [3.63, 3.8) is 0 Å². The van der Waals surface area contributed by atoms with E-state index in [4.69, 9.17) is 4.74 Å². The van der Waals surface area contributed by atoms with E-state index in [9.17, 15) is 0 Å². The number of aromatic nitrogens is 1. The van der Waals surface area contributed by atoms with Crippen LogP contribution in [0.1, 0.15) is 11.3 Å². The summed E-state index contributed by atoms with van der Waals surface area (Å²) in [5.41, 5.74) is 1.15. The summed E-state index contributed by atoms with van der Waals surface area (Å²) >= 11 is 1.77. The minimum atomic E-state index is 0.879. The molecule has 0 bridgehead atoms. The Kier molecular flexibility index (Phi) is 4.73. The van der Waals surface area contributed by atoms with Crippen molar-refractivity contribution in [2.75, 3.05) is 20.7 Å². The summed E-state index contributed by atoms with van der Waals surface area (Å²) in [5.74, 6) is 0.879. The Labute approximate surface area is 112 Å². The van der Waals surface area contributed by atoms with Crippen LogP contribution in [0.3, 0.4) is 0 Å². The second-order valence-electron chi connectivity index (χ2n) is 4.07. The Balaban J connectivity index is 2.04. The molecule has 18 heavy (non-hydrogen) atoms. The summed E-state index contributed by atoms with van der Waals surface area (Å²) in [6, 6.07) is 8.04. The van der Waals surface area contributed by atoms with E-state index < -0.39 is 0 Å². The lowest BCUT2D eigenvalue weighted by atomic mass is 10.2. The van der Waals surface area contributed by atoms with E-state index in [1.165, 1.54) is 4.88 Å². The van der Waals surface area contributed by atoms with Gasteiger partial charge in [-0.25, -0.2) is 4.98 Å². The van der Waals surface area contributed by atoms with Crippen LogP contribution in [0.15, 0.2) is 30.5 Å². The minimum Gasteiger partial charge on any atom is -0.497 e. The molecule has 3 nitrogen and oxygen atoms in total. The average molecular weight is 262 g/mol. The van der Waals surface area contributed by atoms with Gasteiger partial charge in [-0.3, -0.25) is 0 Å². The van der Waals surface area contributed by atoms with E-state index >= 15 is 0 Å². The van der Waals surface area contributed by atoms with Gasteiger partial charge in [0, 0.05) is 16.6 Å². The zero-order chi connectivity index (χ0) is 12.8. The van der Waals surface area contributed by atoms with Crippen LogP contribution in [0.4, 0.5) is 0 Å². The number of hydrogen-bond acceptors (Lipinski definition) is 4. The maximum atomic E-state index is 5.15. The van der Waals surface area contributed by atoms with Crippen molar-refractivity contribution in [2.45, 2.75) is 12.8 Å². The highest BCUT2D eigenvalue weighted by Gasteiger charge is 2.04. The van der Waals surface area contributed by atoms with Gasteiger partial charge in [-0.15, -0.1) is 11.3 Å². The predicted molar refractivity (Wildman–Crippen MR) is 76.3 cm³/mol. The molecule has 1 heterocycles. The number of thiazole rings is 1. The average Bonchev–Trinajstić information content (AvgIpc) is 2.88. The van der Waals surface area contributed by atoms with Crippen molar-refractivity contribution in [3.8, 4) is 16.3 Å². The monoisotopic (exact) mass is 262 g/mol. The van der Waals surface area contributed by atoms with E-state index in [0.29, 0.717) is 0 Å². The molecule has 0 saturated heterocycles. The van der Waals surface area contributed by atoms with Gasteiger partial charge in [-0.05, 0) is 50.7 Å². The maximum absolute atomic E-state index is 5.15. The normalized spacial score (nSPS) is 10.6. The lowest BCUT2D eigenvalue weighted by molar-refractivity contribution is 0.415. The molecule has 4 heteroatoms. The maximum Gasteiger partial charge on any atom is 0.123 e. The molecule has 0 fully saturated rings. The smallest absolute Gasteiger partial charge is 0.123 e. The van der Waals surface area contributed by atoms with Gasteiger partial charge in [0.15, 0.2) is 0 Å². The molecule has 96 valence electrons. The summed E-state index contributed by atoms with van der Waals surface area (Å²) in [6.07, 6.45) is 4.23. The summed E-state index contributed by atoms with van der Waals surface area (Å²) in [6.45, 7) is 1.05. The number of nitrogens with one attached hydrogen (secondary N) is 1. The lowest BCUT2D eigenvalue weighted by Crippen LogP contribution is -2.07. The van der Waals surface area contributed by atoms with Crippen molar-refractivity contribution < 1.29 is 4.74 Å². The highest BCUT2D eigenvalue weighted by molar-refractivity contribution is 7.15.